The van der Waals surface area contributed by atoms with E-state index < -0.39 is 11.2 Å². The Morgan fingerprint density at radius 3 is 2.50 bits per heavy atom. The number of aliphatic hydroxyl groups is 1. The monoisotopic (exact) mass is 618 g/mol. The number of piperidine rings is 2. The van der Waals surface area contributed by atoms with Gasteiger partial charge in [-0.3, -0.25) is 18.7 Å². The Bertz CT molecular complexity index is 1690. The molecule has 1 N–H and O–H groups in total. The number of amides is 2. The molecule has 2 atom stereocenters. The molecule has 2 saturated heterocycles. The minimum Gasteiger partial charge on any atom is -0.444 e. The summed E-state index contributed by atoms with van der Waals surface area (Å²) in [6, 6.07) is 11.6. The van der Waals surface area contributed by atoms with Gasteiger partial charge in [-0.2, -0.15) is 0 Å². The molecule has 0 spiro atoms. The van der Waals surface area contributed by atoms with Crippen molar-refractivity contribution >= 4 is 34.4 Å². The van der Waals surface area contributed by atoms with Crippen molar-refractivity contribution in [1.82, 2.24) is 28.9 Å². The van der Waals surface area contributed by atoms with Gasteiger partial charge in [0.15, 0.2) is 10.8 Å². The molecule has 232 valence electrons. The number of aromatic nitrogens is 4. The number of nitrogens with zero attached hydrogens (tertiary/aromatic N) is 6. The average Bonchev–Trinajstić information content (AvgIpc) is 3.69. The van der Waals surface area contributed by atoms with Crippen LogP contribution in [0.4, 0.5) is 4.79 Å². The molecule has 0 saturated carbocycles. The molecule has 12 heteroatoms. The Balaban J connectivity index is 1.13. The number of rotatable bonds is 5. The molecule has 0 unspecified atom stereocenters. The van der Waals surface area contributed by atoms with Gasteiger partial charge in [-0.15, -0.1) is 11.3 Å². The predicted molar refractivity (Wildman–Crippen MR) is 167 cm³/mol. The largest absolute Gasteiger partial charge is 0.444 e. The summed E-state index contributed by atoms with van der Waals surface area (Å²) >= 11 is 1.46. The molecule has 2 aliphatic heterocycles. The molecular formula is C32H38N6O5S. The fourth-order valence-corrected chi connectivity index (χ4v) is 6.91. The van der Waals surface area contributed by atoms with Crippen LogP contribution in [0.1, 0.15) is 51.5 Å². The third-order valence-corrected chi connectivity index (χ3v) is 9.35. The summed E-state index contributed by atoms with van der Waals surface area (Å²) in [6.45, 7) is 7.24. The van der Waals surface area contributed by atoms with E-state index in [9.17, 15) is 19.5 Å². The van der Waals surface area contributed by atoms with Crippen molar-refractivity contribution in [3.05, 3.63) is 76.4 Å². The molecule has 11 nitrogen and oxygen atoms in total. The molecule has 2 fully saturated rings. The second-order valence-corrected chi connectivity index (χ2v) is 13.7. The van der Waals surface area contributed by atoms with E-state index in [0.29, 0.717) is 56.5 Å². The summed E-state index contributed by atoms with van der Waals surface area (Å²) in [4.78, 5) is 52.5. The molecule has 2 aliphatic rings. The van der Waals surface area contributed by atoms with Crippen LogP contribution in [-0.2, 0) is 16.1 Å². The highest BCUT2D eigenvalue weighted by molar-refractivity contribution is 7.12. The van der Waals surface area contributed by atoms with Crippen LogP contribution in [0.3, 0.4) is 0 Å². The number of likely N-dealkylation sites (tertiary alicyclic amines) is 2. The fraction of sp³-hybridized carbons (Fsp3) is 0.469. The first-order chi connectivity index (χ1) is 21.0. The first-order valence-corrected chi connectivity index (χ1v) is 15.9. The van der Waals surface area contributed by atoms with Crippen LogP contribution < -0.4 is 5.56 Å². The summed E-state index contributed by atoms with van der Waals surface area (Å²) in [5.41, 5.74) is -0.430. The third-order valence-electron chi connectivity index (χ3n) is 8.58. The van der Waals surface area contributed by atoms with Gasteiger partial charge in [-0.25, -0.2) is 14.8 Å². The molecule has 4 aromatic rings. The van der Waals surface area contributed by atoms with Gasteiger partial charge >= 0.3 is 6.09 Å². The Hall–Kier alpha value is -4.03. The molecule has 0 radical (unpaired) electrons. The first-order valence-electron chi connectivity index (χ1n) is 15.0. The van der Waals surface area contributed by atoms with Crippen LogP contribution in [0.15, 0.2) is 65.3 Å². The van der Waals surface area contributed by atoms with Crippen LogP contribution in [-0.4, -0.2) is 83.4 Å². The number of hydrogen-bond acceptors (Lipinski definition) is 8. The molecule has 3 aromatic heterocycles. The maximum absolute atomic E-state index is 13.9. The zero-order chi connectivity index (χ0) is 31.1. The van der Waals surface area contributed by atoms with Crippen LogP contribution in [0.25, 0.3) is 16.2 Å². The number of fused-ring (bicyclic) bond motifs is 1. The molecular weight excluding hydrogens is 580 g/mol. The highest BCUT2D eigenvalue weighted by Gasteiger charge is 2.42. The van der Waals surface area contributed by atoms with Gasteiger partial charge < -0.3 is 19.6 Å². The quantitative estimate of drug-likeness (QED) is 0.358. The van der Waals surface area contributed by atoms with E-state index in [4.69, 9.17) is 4.74 Å². The van der Waals surface area contributed by atoms with Crippen molar-refractivity contribution in [2.24, 2.45) is 5.92 Å². The minimum atomic E-state index is -1.15. The summed E-state index contributed by atoms with van der Waals surface area (Å²) < 4.78 is 8.87. The standard InChI is InChI=1S/C32H38N6O5S/c1-31(2,3)43-30(41)36-14-9-23(25(19-36)22-7-5-4-6-8-22)27(39)35-16-11-32(42,12-17-35)20-37-21-34-26-24(28(37)40)10-15-38(26)29-33-13-18-44-29/h4-8,10,13,15,18,21,23,25,42H,9,11-12,14,16-17,19-20H2,1-3H3/t23-,25+/m1/s1. The van der Waals surface area contributed by atoms with Gasteiger partial charge in [-0.05, 0) is 51.7 Å². The van der Waals surface area contributed by atoms with Crippen molar-refractivity contribution < 1.29 is 19.4 Å². The van der Waals surface area contributed by atoms with E-state index in [-0.39, 0.29) is 35.9 Å². The number of carbonyl (C=O) groups is 2. The normalized spacial score (nSPS) is 20.5. The topological polar surface area (TPSA) is 123 Å². The Kier molecular flexibility index (Phi) is 8.06. The lowest BCUT2D eigenvalue weighted by atomic mass is 9.79. The number of carbonyl (C=O) groups excluding carboxylic acids is 2. The molecule has 5 heterocycles. The zero-order valence-corrected chi connectivity index (χ0v) is 26.1. The molecule has 6 rings (SSSR count). The van der Waals surface area contributed by atoms with E-state index in [1.807, 2.05) is 61.4 Å². The summed E-state index contributed by atoms with van der Waals surface area (Å²) in [5.74, 6) is -0.425. The van der Waals surface area contributed by atoms with Gasteiger partial charge in [0.05, 0.1) is 17.5 Å². The van der Waals surface area contributed by atoms with Gasteiger partial charge in [0, 0.05) is 55.8 Å². The van der Waals surface area contributed by atoms with Crippen LogP contribution in [0, 0.1) is 5.92 Å². The molecule has 44 heavy (non-hydrogen) atoms. The lowest BCUT2D eigenvalue weighted by Crippen LogP contribution is -2.53. The lowest BCUT2D eigenvalue weighted by Gasteiger charge is -2.43. The van der Waals surface area contributed by atoms with Gasteiger partial charge in [-0.1, -0.05) is 30.3 Å². The summed E-state index contributed by atoms with van der Waals surface area (Å²) in [7, 11) is 0. The van der Waals surface area contributed by atoms with Crippen molar-refractivity contribution in [2.75, 3.05) is 26.2 Å². The van der Waals surface area contributed by atoms with Crippen LogP contribution in [0.2, 0.25) is 0 Å². The zero-order valence-electron chi connectivity index (χ0n) is 25.3. The third kappa shape index (κ3) is 6.14. The SMILES string of the molecule is CC(C)(C)OC(=O)N1CC[C@@H](C(=O)N2CCC(O)(Cn3cnc4c(ccn4-c4nccs4)c3=O)CC2)[C@H](c2ccccc2)C1. The first kappa shape index (κ1) is 30.0. The minimum absolute atomic E-state index is 0.0357. The Morgan fingerprint density at radius 2 is 1.82 bits per heavy atom. The number of benzene rings is 1. The van der Waals surface area contributed by atoms with E-state index in [1.165, 1.54) is 22.2 Å². The van der Waals surface area contributed by atoms with E-state index in [1.54, 1.807) is 27.9 Å². The lowest BCUT2D eigenvalue weighted by molar-refractivity contribution is -0.142. The number of thiazole rings is 1. The van der Waals surface area contributed by atoms with E-state index in [0.717, 1.165) is 10.7 Å². The molecule has 0 bridgehead atoms. The van der Waals surface area contributed by atoms with Crippen molar-refractivity contribution in [3.63, 3.8) is 0 Å². The number of hydrogen-bond donors (Lipinski definition) is 1. The smallest absolute Gasteiger partial charge is 0.410 e. The van der Waals surface area contributed by atoms with E-state index in [2.05, 4.69) is 9.97 Å². The molecule has 1 aromatic carbocycles. The highest BCUT2D eigenvalue weighted by atomic mass is 32.1. The number of ether oxygens (including phenoxy) is 1. The predicted octanol–water partition coefficient (Wildman–Crippen LogP) is 4.04. The average molecular weight is 619 g/mol. The molecule has 0 aliphatic carbocycles. The van der Waals surface area contributed by atoms with Crippen molar-refractivity contribution in [2.45, 2.75) is 63.7 Å². The van der Waals surface area contributed by atoms with Crippen LogP contribution in [0.5, 0.6) is 0 Å². The second kappa shape index (κ2) is 11.8. The Labute approximate surface area is 259 Å². The summed E-state index contributed by atoms with van der Waals surface area (Å²) in [6.07, 6.45) is 5.81. The Morgan fingerprint density at radius 1 is 1.07 bits per heavy atom. The fourth-order valence-electron chi connectivity index (χ4n) is 6.29. The van der Waals surface area contributed by atoms with Gasteiger partial charge in [0.2, 0.25) is 5.91 Å². The summed E-state index contributed by atoms with van der Waals surface area (Å²) in [5, 5.41) is 14.6. The second-order valence-electron chi connectivity index (χ2n) is 12.8. The maximum atomic E-state index is 13.9. The molecule has 2 amide bonds. The highest BCUT2D eigenvalue weighted by Crippen LogP contribution is 2.36. The maximum Gasteiger partial charge on any atom is 0.410 e. The van der Waals surface area contributed by atoms with Crippen molar-refractivity contribution in [1.29, 1.82) is 0 Å². The van der Waals surface area contributed by atoms with Gasteiger partial charge in [0.1, 0.15) is 11.9 Å². The van der Waals surface area contributed by atoms with E-state index >= 15 is 0 Å². The van der Waals surface area contributed by atoms with Gasteiger partial charge in [0.25, 0.3) is 5.56 Å². The van der Waals surface area contributed by atoms with Crippen molar-refractivity contribution in [3.8, 4) is 5.13 Å². The van der Waals surface area contributed by atoms with Crippen LogP contribution >= 0.6 is 11.3 Å².